The quantitative estimate of drug-likeness (QED) is 0.756. The molecule has 1 amide bonds. The Bertz CT molecular complexity index is 309. The van der Waals surface area contributed by atoms with Gasteiger partial charge in [-0.2, -0.15) is 0 Å². The Balaban J connectivity index is 2.52. The largest absolute Gasteiger partial charge is 0.465 e. The average Bonchev–Trinajstić information content (AvgIpc) is 2.38. The van der Waals surface area contributed by atoms with Crippen LogP contribution >= 0.6 is 0 Å². The van der Waals surface area contributed by atoms with Crippen LogP contribution in [-0.2, 0) is 14.3 Å². The van der Waals surface area contributed by atoms with Crippen molar-refractivity contribution in [2.75, 3.05) is 33.4 Å². The highest BCUT2D eigenvalue weighted by Crippen LogP contribution is 2.19. The summed E-state index contributed by atoms with van der Waals surface area (Å²) in [6.07, 6.45) is 1.53. The van der Waals surface area contributed by atoms with E-state index in [2.05, 4.69) is 17.0 Å². The molecule has 19 heavy (non-hydrogen) atoms. The Morgan fingerprint density at radius 2 is 2.05 bits per heavy atom. The fourth-order valence-corrected chi connectivity index (χ4v) is 2.45. The number of nitrogens with zero attached hydrogens (tertiary/aromatic N) is 1. The molecule has 1 aliphatic heterocycles. The van der Waals surface area contributed by atoms with Gasteiger partial charge in [0.05, 0.1) is 20.3 Å². The molecular weight excluding hydrogens is 248 g/mol. The molecule has 6 heteroatoms. The minimum Gasteiger partial charge on any atom is -0.465 e. The number of piperidine rings is 1. The van der Waals surface area contributed by atoms with Crippen LogP contribution in [0.25, 0.3) is 0 Å². The SMILES string of the molecule is CCOC(=O)CN1CC(CC)CC(NC(=O)OC)C1. The second-order valence-corrected chi connectivity index (χ2v) is 4.84. The molecule has 1 heterocycles. The highest BCUT2D eigenvalue weighted by atomic mass is 16.5. The summed E-state index contributed by atoms with van der Waals surface area (Å²) < 4.78 is 9.57. The second-order valence-electron chi connectivity index (χ2n) is 4.84. The second kappa shape index (κ2) is 7.99. The smallest absolute Gasteiger partial charge is 0.407 e. The van der Waals surface area contributed by atoms with E-state index in [1.807, 2.05) is 4.90 Å². The highest BCUT2D eigenvalue weighted by molar-refractivity contribution is 5.71. The van der Waals surface area contributed by atoms with Crippen molar-refractivity contribution in [1.29, 1.82) is 0 Å². The van der Waals surface area contributed by atoms with Gasteiger partial charge in [0, 0.05) is 19.1 Å². The van der Waals surface area contributed by atoms with E-state index >= 15 is 0 Å². The summed E-state index contributed by atoms with van der Waals surface area (Å²) in [5.41, 5.74) is 0. The summed E-state index contributed by atoms with van der Waals surface area (Å²) in [6.45, 7) is 6.12. The molecule has 0 radical (unpaired) electrons. The molecule has 1 aliphatic rings. The lowest BCUT2D eigenvalue weighted by atomic mass is 9.92. The number of hydrogen-bond donors (Lipinski definition) is 1. The number of methoxy groups -OCH3 is 1. The first kappa shape index (κ1) is 15.8. The molecule has 110 valence electrons. The van der Waals surface area contributed by atoms with Gasteiger partial charge >= 0.3 is 12.1 Å². The number of rotatable bonds is 5. The molecule has 1 rings (SSSR count). The van der Waals surface area contributed by atoms with Crippen molar-refractivity contribution < 1.29 is 19.1 Å². The maximum absolute atomic E-state index is 11.5. The molecule has 0 bridgehead atoms. The van der Waals surface area contributed by atoms with Gasteiger partial charge in [0.1, 0.15) is 0 Å². The van der Waals surface area contributed by atoms with Crippen LogP contribution in [-0.4, -0.2) is 56.4 Å². The minimum absolute atomic E-state index is 0.0283. The fraction of sp³-hybridized carbons (Fsp3) is 0.846. The molecule has 0 spiro atoms. The van der Waals surface area contributed by atoms with Crippen LogP contribution in [0.4, 0.5) is 4.79 Å². The van der Waals surface area contributed by atoms with Gasteiger partial charge in [-0.3, -0.25) is 9.69 Å². The van der Waals surface area contributed by atoms with Crippen molar-refractivity contribution in [1.82, 2.24) is 10.2 Å². The zero-order valence-corrected chi connectivity index (χ0v) is 12.0. The third-order valence-electron chi connectivity index (χ3n) is 3.36. The average molecular weight is 272 g/mol. The van der Waals surface area contributed by atoms with E-state index < -0.39 is 6.09 Å². The van der Waals surface area contributed by atoms with E-state index in [1.165, 1.54) is 7.11 Å². The molecule has 6 nitrogen and oxygen atoms in total. The number of alkyl carbamates (subject to hydrolysis) is 1. The number of esters is 1. The Morgan fingerprint density at radius 3 is 2.63 bits per heavy atom. The predicted octanol–water partition coefficient (Wildman–Crippen LogP) is 1.01. The zero-order valence-electron chi connectivity index (χ0n) is 12.0. The molecule has 1 fully saturated rings. The van der Waals surface area contributed by atoms with E-state index in [0.29, 0.717) is 19.1 Å². The molecule has 2 atom stereocenters. The maximum atomic E-state index is 11.5. The van der Waals surface area contributed by atoms with Gasteiger partial charge in [0.15, 0.2) is 0 Å². The molecule has 2 unspecified atom stereocenters. The molecule has 0 aromatic rings. The van der Waals surface area contributed by atoms with Crippen molar-refractivity contribution in [2.45, 2.75) is 32.7 Å². The van der Waals surface area contributed by atoms with Gasteiger partial charge in [0.2, 0.25) is 0 Å². The van der Waals surface area contributed by atoms with Crippen molar-refractivity contribution in [3.8, 4) is 0 Å². The van der Waals surface area contributed by atoms with Gasteiger partial charge in [-0.05, 0) is 19.3 Å². The van der Waals surface area contributed by atoms with Gasteiger partial charge in [-0.25, -0.2) is 4.79 Å². The summed E-state index contributed by atoms with van der Waals surface area (Å²) in [5.74, 6) is 0.265. The Morgan fingerprint density at radius 1 is 1.32 bits per heavy atom. The molecule has 0 aromatic carbocycles. The molecular formula is C13H24N2O4. The van der Waals surface area contributed by atoms with Gasteiger partial charge in [-0.15, -0.1) is 0 Å². The first-order chi connectivity index (χ1) is 9.08. The molecule has 0 aromatic heterocycles. The normalized spacial score (nSPS) is 23.7. The van der Waals surface area contributed by atoms with Crippen molar-refractivity contribution in [3.63, 3.8) is 0 Å². The van der Waals surface area contributed by atoms with Gasteiger partial charge < -0.3 is 14.8 Å². The van der Waals surface area contributed by atoms with Crippen molar-refractivity contribution >= 4 is 12.1 Å². The molecule has 0 saturated carbocycles. The maximum Gasteiger partial charge on any atom is 0.407 e. The van der Waals surface area contributed by atoms with Gasteiger partial charge in [0.25, 0.3) is 0 Å². The number of hydrogen-bond acceptors (Lipinski definition) is 5. The third-order valence-corrected chi connectivity index (χ3v) is 3.36. The van der Waals surface area contributed by atoms with Crippen LogP contribution < -0.4 is 5.32 Å². The van der Waals surface area contributed by atoms with Crippen LogP contribution in [0, 0.1) is 5.92 Å². The van der Waals surface area contributed by atoms with E-state index in [4.69, 9.17) is 4.74 Å². The van der Waals surface area contributed by atoms with E-state index in [-0.39, 0.29) is 18.6 Å². The Kier molecular flexibility index (Phi) is 6.62. The van der Waals surface area contributed by atoms with Crippen LogP contribution in [0.1, 0.15) is 26.7 Å². The van der Waals surface area contributed by atoms with Crippen LogP contribution in [0.2, 0.25) is 0 Å². The Hall–Kier alpha value is -1.30. The van der Waals surface area contributed by atoms with Crippen LogP contribution in [0.3, 0.4) is 0 Å². The number of amides is 1. The number of carbonyl (C=O) groups excluding carboxylic acids is 2. The van der Waals surface area contributed by atoms with Crippen LogP contribution in [0.5, 0.6) is 0 Å². The first-order valence-electron chi connectivity index (χ1n) is 6.81. The number of nitrogens with one attached hydrogen (secondary N) is 1. The monoisotopic (exact) mass is 272 g/mol. The fourth-order valence-electron chi connectivity index (χ4n) is 2.45. The van der Waals surface area contributed by atoms with Crippen molar-refractivity contribution in [3.05, 3.63) is 0 Å². The lowest BCUT2D eigenvalue weighted by molar-refractivity contribution is -0.145. The molecule has 1 saturated heterocycles. The molecule has 1 N–H and O–H groups in total. The van der Waals surface area contributed by atoms with Crippen LogP contribution in [0.15, 0.2) is 0 Å². The van der Waals surface area contributed by atoms with Gasteiger partial charge in [-0.1, -0.05) is 13.3 Å². The standard InChI is InChI=1S/C13H24N2O4/c1-4-10-6-11(14-13(17)18-3)8-15(7-10)9-12(16)19-5-2/h10-11H,4-9H2,1-3H3,(H,14,17). The summed E-state index contributed by atoms with van der Waals surface area (Å²) in [6, 6.07) is 0.0283. The zero-order chi connectivity index (χ0) is 14.3. The summed E-state index contributed by atoms with van der Waals surface area (Å²) >= 11 is 0. The number of carbonyl (C=O) groups is 2. The van der Waals surface area contributed by atoms with E-state index in [0.717, 1.165) is 19.4 Å². The summed E-state index contributed by atoms with van der Waals surface area (Å²) in [7, 11) is 1.35. The lowest BCUT2D eigenvalue weighted by Gasteiger charge is -2.36. The summed E-state index contributed by atoms with van der Waals surface area (Å²) in [5, 5.41) is 2.81. The minimum atomic E-state index is -0.419. The third kappa shape index (κ3) is 5.46. The first-order valence-corrected chi connectivity index (χ1v) is 6.81. The molecule has 0 aliphatic carbocycles. The topological polar surface area (TPSA) is 67.9 Å². The van der Waals surface area contributed by atoms with Crippen molar-refractivity contribution in [2.24, 2.45) is 5.92 Å². The highest BCUT2D eigenvalue weighted by Gasteiger charge is 2.28. The number of likely N-dealkylation sites (tertiary alicyclic amines) is 1. The van der Waals surface area contributed by atoms with E-state index in [9.17, 15) is 9.59 Å². The number of ether oxygens (including phenoxy) is 2. The summed E-state index contributed by atoms with van der Waals surface area (Å²) in [4.78, 5) is 24.8. The van der Waals surface area contributed by atoms with E-state index in [1.54, 1.807) is 6.92 Å². The predicted molar refractivity (Wildman–Crippen MR) is 70.8 cm³/mol. The lowest BCUT2D eigenvalue weighted by Crippen LogP contribution is -2.52. The Labute approximate surface area is 114 Å².